The van der Waals surface area contributed by atoms with Crippen molar-refractivity contribution < 1.29 is 13.9 Å². The van der Waals surface area contributed by atoms with E-state index in [2.05, 4.69) is 5.32 Å². The van der Waals surface area contributed by atoms with E-state index < -0.39 is 5.82 Å². The van der Waals surface area contributed by atoms with Crippen molar-refractivity contribution in [3.63, 3.8) is 0 Å². The van der Waals surface area contributed by atoms with E-state index in [9.17, 15) is 4.39 Å². The van der Waals surface area contributed by atoms with Crippen molar-refractivity contribution in [3.05, 3.63) is 58.4 Å². The number of methoxy groups -OCH3 is 2. The first kappa shape index (κ1) is 16.6. The van der Waals surface area contributed by atoms with Crippen LogP contribution >= 0.6 is 11.6 Å². The summed E-state index contributed by atoms with van der Waals surface area (Å²) in [5.74, 6) is 0.987. The van der Waals surface area contributed by atoms with Crippen LogP contribution in [0.3, 0.4) is 0 Å². The van der Waals surface area contributed by atoms with Crippen molar-refractivity contribution in [2.45, 2.75) is 19.5 Å². The zero-order chi connectivity index (χ0) is 16.1. The van der Waals surface area contributed by atoms with Crippen molar-refractivity contribution in [1.82, 2.24) is 5.32 Å². The summed E-state index contributed by atoms with van der Waals surface area (Å²) in [5.41, 5.74) is 2.00. The Morgan fingerprint density at radius 2 is 1.82 bits per heavy atom. The number of hydrogen-bond acceptors (Lipinski definition) is 3. The van der Waals surface area contributed by atoms with E-state index in [1.54, 1.807) is 26.4 Å². The van der Waals surface area contributed by atoms with Crippen LogP contribution in [0.2, 0.25) is 5.02 Å². The van der Waals surface area contributed by atoms with Crippen LogP contribution in [0.25, 0.3) is 0 Å². The Hall–Kier alpha value is -1.78. The predicted molar refractivity (Wildman–Crippen MR) is 86.2 cm³/mol. The minimum absolute atomic E-state index is 0.0474. The average molecular weight is 324 g/mol. The van der Waals surface area contributed by atoms with Gasteiger partial charge in [0.2, 0.25) is 0 Å². The molecule has 0 saturated heterocycles. The summed E-state index contributed by atoms with van der Waals surface area (Å²) in [4.78, 5) is 0. The second-order valence-electron chi connectivity index (χ2n) is 4.97. The molecule has 1 N–H and O–H groups in total. The normalized spacial score (nSPS) is 12.0. The number of rotatable bonds is 6. The fourth-order valence-electron chi connectivity index (χ4n) is 2.16. The van der Waals surface area contributed by atoms with Gasteiger partial charge in [-0.15, -0.1) is 0 Å². The third-order valence-corrected chi connectivity index (χ3v) is 3.79. The highest BCUT2D eigenvalue weighted by atomic mass is 35.5. The molecule has 0 aromatic heterocycles. The van der Waals surface area contributed by atoms with Crippen LogP contribution < -0.4 is 14.8 Å². The lowest BCUT2D eigenvalue weighted by Crippen LogP contribution is -2.18. The van der Waals surface area contributed by atoms with Gasteiger partial charge in [-0.1, -0.05) is 23.7 Å². The van der Waals surface area contributed by atoms with Gasteiger partial charge in [0, 0.05) is 12.6 Å². The lowest BCUT2D eigenvalue weighted by Gasteiger charge is -2.16. The summed E-state index contributed by atoms with van der Waals surface area (Å²) < 4.78 is 23.7. The summed E-state index contributed by atoms with van der Waals surface area (Å²) in [5, 5.41) is 3.51. The molecule has 2 aromatic rings. The van der Waals surface area contributed by atoms with Crippen LogP contribution in [0.15, 0.2) is 36.4 Å². The van der Waals surface area contributed by atoms with Gasteiger partial charge in [0.05, 0.1) is 19.2 Å². The number of ether oxygens (including phenoxy) is 2. The molecule has 0 radical (unpaired) electrons. The molecule has 0 aliphatic heterocycles. The molecule has 0 amide bonds. The first-order chi connectivity index (χ1) is 10.5. The molecule has 3 nitrogen and oxygen atoms in total. The molecule has 0 spiro atoms. The fourth-order valence-corrected chi connectivity index (χ4v) is 2.35. The monoisotopic (exact) mass is 323 g/mol. The SMILES string of the molecule is COc1ccc(CNC(C)c2ccc(F)c(Cl)c2)cc1OC. The lowest BCUT2D eigenvalue weighted by molar-refractivity contribution is 0.354. The zero-order valence-electron chi connectivity index (χ0n) is 12.8. The molecule has 0 aliphatic carbocycles. The van der Waals surface area contributed by atoms with E-state index in [1.165, 1.54) is 6.07 Å². The van der Waals surface area contributed by atoms with Crippen molar-refractivity contribution in [1.29, 1.82) is 0 Å². The van der Waals surface area contributed by atoms with E-state index in [-0.39, 0.29) is 11.1 Å². The van der Waals surface area contributed by atoms with E-state index in [1.807, 2.05) is 25.1 Å². The molecule has 0 bridgehead atoms. The highest BCUT2D eigenvalue weighted by molar-refractivity contribution is 6.30. The Kier molecular flexibility index (Phi) is 5.63. The third-order valence-electron chi connectivity index (χ3n) is 3.50. The van der Waals surface area contributed by atoms with Gasteiger partial charge >= 0.3 is 0 Å². The molecule has 5 heteroatoms. The van der Waals surface area contributed by atoms with E-state index in [0.29, 0.717) is 18.0 Å². The zero-order valence-corrected chi connectivity index (χ0v) is 13.6. The maximum Gasteiger partial charge on any atom is 0.161 e. The van der Waals surface area contributed by atoms with Gasteiger partial charge in [-0.25, -0.2) is 4.39 Å². The maximum atomic E-state index is 13.2. The van der Waals surface area contributed by atoms with Gasteiger partial charge in [-0.3, -0.25) is 0 Å². The van der Waals surface area contributed by atoms with Crippen molar-refractivity contribution >= 4 is 11.6 Å². The van der Waals surface area contributed by atoms with Crippen LogP contribution in [0.1, 0.15) is 24.1 Å². The molecule has 118 valence electrons. The molecular formula is C17H19ClFNO2. The summed E-state index contributed by atoms with van der Waals surface area (Å²) in [6, 6.07) is 10.6. The molecule has 1 atom stereocenters. The molecule has 0 heterocycles. The molecule has 2 rings (SSSR count). The quantitative estimate of drug-likeness (QED) is 0.857. The highest BCUT2D eigenvalue weighted by Gasteiger charge is 2.09. The first-order valence-electron chi connectivity index (χ1n) is 6.94. The second-order valence-corrected chi connectivity index (χ2v) is 5.37. The van der Waals surface area contributed by atoms with E-state index >= 15 is 0 Å². The summed E-state index contributed by atoms with van der Waals surface area (Å²) >= 11 is 5.81. The van der Waals surface area contributed by atoms with Crippen LogP contribution in [0.4, 0.5) is 4.39 Å². The van der Waals surface area contributed by atoms with Gasteiger partial charge in [-0.05, 0) is 42.3 Å². The standard InChI is InChI=1S/C17H19ClFNO2/c1-11(13-5-6-15(19)14(18)9-13)20-10-12-4-7-16(21-2)17(8-12)22-3/h4-9,11,20H,10H2,1-3H3. The summed E-state index contributed by atoms with van der Waals surface area (Å²) in [6.07, 6.45) is 0. The Bertz CT molecular complexity index is 649. The number of halogens is 2. The molecule has 0 fully saturated rings. The lowest BCUT2D eigenvalue weighted by atomic mass is 10.1. The number of hydrogen-bond donors (Lipinski definition) is 1. The first-order valence-corrected chi connectivity index (χ1v) is 7.32. The summed E-state index contributed by atoms with van der Waals surface area (Å²) in [7, 11) is 3.22. The maximum absolute atomic E-state index is 13.2. The minimum Gasteiger partial charge on any atom is -0.493 e. The molecule has 22 heavy (non-hydrogen) atoms. The minimum atomic E-state index is -0.405. The van der Waals surface area contributed by atoms with Crippen molar-refractivity contribution in [2.75, 3.05) is 14.2 Å². The van der Waals surface area contributed by atoms with Gasteiger partial charge in [0.25, 0.3) is 0 Å². The molecule has 1 unspecified atom stereocenters. The Morgan fingerprint density at radius 1 is 1.09 bits per heavy atom. The third kappa shape index (κ3) is 3.90. The van der Waals surface area contributed by atoms with E-state index in [4.69, 9.17) is 21.1 Å². The smallest absolute Gasteiger partial charge is 0.161 e. The van der Waals surface area contributed by atoms with Crippen molar-refractivity contribution in [2.24, 2.45) is 0 Å². The predicted octanol–water partition coefficient (Wildman–Crippen LogP) is 4.35. The Balaban J connectivity index is 2.04. The Labute approximate surface area is 135 Å². The van der Waals surface area contributed by atoms with Gasteiger partial charge < -0.3 is 14.8 Å². The van der Waals surface area contributed by atoms with Crippen LogP contribution in [0.5, 0.6) is 11.5 Å². The molecule has 0 aliphatic rings. The molecule has 0 saturated carbocycles. The van der Waals surface area contributed by atoms with Crippen LogP contribution in [0, 0.1) is 5.82 Å². The molecular weight excluding hydrogens is 305 g/mol. The van der Waals surface area contributed by atoms with Gasteiger partial charge in [0.15, 0.2) is 11.5 Å². The summed E-state index contributed by atoms with van der Waals surface area (Å²) in [6.45, 7) is 2.65. The average Bonchev–Trinajstić information content (AvgIpc) is 2.54. The highest BCUT2D eigenvalue weighted by Crippen LogP contribution is 2.28. The number of nitrogens with one attached hydrogen (secondary N) is 1. The van der Waals surface area contributed by atoms with E-state index in [0.717, 1.165) is 11.1 Å². The Morgan fingerprint density at radius 3 is 2.45 bits per heavy atom. The van der Waals surface area contributed by atoms with Gasteiger partial charge in [0.1, 0.15) is 5.82 Å². The van der Waals surface area contributed by atoms with Crippen molar-refractivity contribution in [3.8, 4) is 11.5 Å². The van der Waals surface area contributed by atoms with Gasteiger partial charge in [-0.2, -0.15) is 0 Å². The second kappa shape index (κ2) is 7.47. The van der Waals surface area contributed by atoms with Crippen LogP contribution in [-0.2, 0) is 6.54 Å². The topological polar surface area (TPSA) is 30.5 Å². The number of benzene rings is 2. The largest absolute Gasteiger partial charge is 0.493 e. The molecule has 2 aromatic carbocycles. The fraction of sp³-hybridized carbons (Fsp3) is 0.294. The van der Waals surface area contributed by atoms with Crippen LogP contribution in [-0.4, -0.2) is 14.2 Å².